The van der Waals surface area contributed by atoms with E-state index < -0.39 is 0 Å². The fraction of sp³-hybridized carbons (Fsp3) is 0.571. The van der Waals surface area contributed by atoms with Gasteiger partial charge in [-0.25, -0.2) is 0 Å². The molecule has 2 rings (SSSR count). The van der Waals surface area contributed by atoms with Crippen LogP contribution < -0.4 is 15.4 Å². The molecule has 0 unspecified atom stereocenters. The van der Waals surface area contributed by atoms with Gasteiger partial charge in [-0.15, -0.1) is 24.0 Å². The Morgan fingerprint density at radius 1 is 1.23 bits per heavy atom. The number of aryl methyl sites for hydroxylation is 1. The molecule has 0 aliphatic rings. The van der Waals surface area contributed by atoms with E-state index in [1.807, 2.05) is 13.8 Å². The fourth-order valence-electron chi connectivity index (χ4n) is 2.62. The lowest BCUT2D eigenvalue weighted by Crippen LogP contribution is -2.38. The zero-order valence-corrected chi connectivity index (χ0v) is 20.9. The molecule has 2 N–H and O–H groups in total. The van der Waals surface area contributed by atoms with Gasteiger partial charge >= 0.3 is 0 Å². The number of nitrogens with one attached hydrogen (secondary N) is 2. The Bertz CT molecular complexity index is 780. The zero-order chi connectivity index (χ0) is 21.1. The topological polar surface area (TPSA) is 93.8 Å². The first-order chi connectivity index (χ1) is 14.0. The summed E-state index contributed by atoms with van der Waals surface area (Å²) < 4.78 is 16.3. The molecular weight excluding hydrogens is 497 g/mol. The van der Waals surface area contributed by atoms with E-state index in [1.54, 1.807) is 14.2 Å². The van der Waals surface area contributed by atoms with E-state index in [9.17, 15) is 0 Å². The Kier molecular flexibility index (Phi) is 12.4. The number of guanidine groups is 1. The van der Waals surface area contributed by atoms with Gasteiger partial charge in [-0.3, -0.25) is 4.99 Å². The fourth-order valence-corrected chi connectivity index (χ4v) is 2.62. The van der Waals surface area contributed by atoms with Crippen molar-refractivity contribution < 1.29 is 14.0 Å². The van der Waals surface area contributed by atoms with Gasteiger partial charge in [0.1, 0.15) is 5.75 Å². The third kappa shape index (κ3) is 8.86. The van der Waals surface area contributed by atoms with Crippen LogP contribution in [0.5, 0.6) is 5.75 Å². The highest BCUT2D eigenvalue weighted by Gasteiger charge is 2.10. The second-order valence-electron chi connectivity index (χ2n) is 7.11. The molecule has 9 heteroatoms. The lowest BCUT2D eigenvalue weighted by Gasteiger charge is -2.15. The van der Waals surface area contributed by atoms with Crippen LogP contribution in [0.3, 0.4) is 0 Å². The Hall–Kier alpha value is -1.88. The molecule has 1 aromatic heterocycles. The van der Waals surface area contributed by atoms with Crippen LogP contribution in [0, 0.1) is 6.92 Å². The van der Waals surface area contributed by atoms with Crippen molar-refractivity contribution in [2.75, 3.05) is 33.9 Å². The number of rotatable bonds is 11. The molecule has 30 heavy (non-hydrogen) atoms. The van der Waals surface area contributed by atoms with Crippen LogP contribution in [0.25, 0.3) is 0 Å². The summed E-state index contributed by atoms with van der Waals surface area (Å²) in [5.41, 5.74) is 2.24. The average Bonchev–Trinajstić information content (AvgIpc) is 3.18. The second kappa shape index (κ2) is 14.2. The standard InChI is InChI=1S/C21H33N5O3.HI/c1-15(2)20-25-19(29-26-20)9-10-23-21(22-4)24-14-17-8-7-16(3)13-18(17)28-12-6-11-27-5;/h7-8,13,15H,6,9-12,14H2,1-5H3,(H2,22,23,24);1H. The first-order valence-electron chi connectivity index (χ1n) is 10.0. The minimum absolute atomic E-state index is 0. The van der Waals surface area contributed by atoms with E-state index in [2.05, 4.69) is 50.9 Å². The predicted molar refractivity (Wildman–Crippen MR) is 129 cm³/mol. The van der Waals surface area contributed by atoms with E-state index in [0.29, 0.717) is 44.6 Å². The summed E-state index contributed by atoms with van der Waals surface area (Å²) in [6, 6.07) is 6.21. The molecule has 0 radical (unpaired) electrons. The van der Waals surface area contributed by atoms with E-state index in [-0.39, 0.29) is 29.9 Å². The molecule has 0 saturated heterocycles. The summed E-state index contributed by atoms with van der Waals surface area (Å²) in [5, 5.41) is 10.6. The zero-order valence-electron chi connectivity index (χ0n) is 18.5. The van der Waals surface area contributed by atoms with Crippen molar-refractivity contribution in [3.63, 3.8) is 0 Å². The molecule has 0 atom stereocenters. The molecular formula is C21H34IN5O3. The van der Waals surface area contributed by atoms with Gasteiger partial charge in [-0.1, -0.05) is 31.1 Å². The Labute approximate surface area is 196 Å². The number of aliphatic imine (C=N–C) groups is 1. The molecule has 0 amide bonds. The Morgan fingerprint density at radius 3 is 2.70 bits per heavy atom. The second-order valence-corrected chi connectivity index (χ2v) is 7.11. The van der Waals surface area contributed by atoms with Crippen molar-refractivity contribution in [3.8, 4) is 5.75 Å². The maximum absolute atomic E-state index is 5.94. The maximum Gasteiger partial charge on any atom is 0.228 e. The van der Waals surface area contributed by atoms with Gasteiger partial charge in [-0.2, -0.15) is 4.98 Å². The van der Waals surface area contributed by atoms with E-state index in [0.717, 1.165) is 23.6 Å². The quantitative estimate of drug-likeness (QED) is 0.199. The summed E-state index contributed by atoms with van der Waals surface area (Å²) in [5.74, 6) is 3.22. The molecule has 168 valence electrons. The molecule has 1 heterocycles. The van der Waals surface area contributed by atoms with E-state index in [4.69, 9.17) is 14.0 Å². The van der Waals surface area contributed by atoms with Crippen LogP contribution in [0.2, 0.25) is 0 Å². The number of nitrogens with zero attached hydrogens (tertiary/aromatic N) is 3. The molecule has 0 spiro atoms. The van der Waals surface area contributed by atoms with Crippen LogP contribution in [-0.4, -0.2) is 50.0 Å². The summed E-state index contributed by atoms with van der Waals surface area (Å²) in [7, 11) is 3.44. The highest BCUT2D eigenvalue weighted by Crippen LogP contribution is 2.20. The summed E-state index contributed by atoms with van der Waals surface area (Å²) in [6.07, 6.45) is 1.49. The summed E-state index contributed by atoms with van der Waals surface area (Å²) in [6.45, 7) is 8.71. The predicted octanol–water partition coefficient (Wildman–Crippen LogP) is 3.44. The number of benzene rings is 1. The highest BCUT2D eigenvalue weighted by atomic mass is 127. The molecule has 0 aliphatic heterocycles. The van der Waals surface area contributed by atoms with Gasteiger partial charge in [-0.05, 0) is 18.6 Å². The lowest BCUT2D eigenvalue weighted by atomic mass is 10.1. The number of ether oxygens (including phenoxy) is 2. The molecule has 2 aromatic rings. The molecule has 0 saturated carbocycles. The van der Waals surface area contributed by atoms with Crippen LogP contribution in [0.1, 0.15) is 49.0 Å². The Morgan fingerprint density at radius 2 is 2.03 bits per heavy atom. The van der Waals surface area contributed by atoms with Gasteiger partial charge in [0.2, 0.25) is 5.89 Å². The number of aromatic nitrogens is 2. The minimum Gasteiger partial charge on any atom is -0.493 e. The normalized spacial score (nSPS) is 11.3. The van der Waals surface area contributed by atoms with Crippen LogP contribution >= 0.6 is 24.0 Å². The van der Waals surface area contributed by atoms with Gasteiger partial charge in [0.05, 0.1) is 6.61 Å². The van der Waals surface area contributed by atoms with E-state index >= 15 is 0 Å². The third-order valence-corrected chi connectivity index (χ3v) is 4.27. The van der Waals surface area contributed by atoms with Gasteiger partial charge < -0.3 is 24.6 Å². The van der Waals surface area contributed by atoms with Crippen molar-refractivity contribution >= 4 is 29.9 Å². The maximum atomic E-state index is 5.94. The van der Waals surface area contributed by atoms with Crippen molar-refractivity contribution in [3.05, 3.63) is 41.0 Å². The minimum atomic E-state index is 0. The largest absolute Gasteiger partial charge is 0.493 e. The molecule has 0 bridgehead atoms. The molecule has 1 aromatic carbocycles. The molecule has 8 nitrogen and oxygen atoms in total. The number of halogens is 1. The Balaban J connectivity index is 0.00000450. The van der Waals surface area contributed by atoms with Crippen LogP contribution in [-0.2, 0) is 17.7 Å². The van der Waals surface area contributed by atoms with Gasteiger partial charge in [0.25, 0.3) is 0 Å². The third-order valence-electron chi connectivity index (χ3n) is 4.27. The average molecular weight is 531 g/mol. The number of hydrogen-bond acceptors (Lipinski definition) is 6. The van der Waals surface area contributed by atoms with Crippen molar-refractivity contribution in [2.24, 2.45) is 4.99 Å². The molecule has 0 fully saturated rings. The van der Waals surface area contributed by atoms with Crippen molar-refractivity contribution in [1.29, 1.82) is 0 Å². The van der Waals surface area contributed by atoms with Gasteiger partial charge in [0, 0.05) is 58.2 Å². The summed E-state index contributed by atoms with van der Waals surface area (Å²) >= 11 is 0. The highest BCUT2D eigenvalue weighted by molar-refractivity contribution is 14.0. The van der Waals surface area contributed by atoms with Crippen LogP contribution in [0.4, 0.5) is 0 Å². The smallest absolute Gasteiger partial charge is 0.228 e. The van der Waals surface area contributed by atoms with Gasteiger partial charge in [0.15, 0.2) is 11.8 Å². The first kappa shape index (κ1) is 26.2. The monoisotopic (exact) mass is 531 g/mol. The first-order valence-corrected chi connectivity index (χ1v) is 10.0. The number of methoxy groups -OCH3 is 1. The SMILES string of the molecule is CN=C(NCCc1nc(C(C)C)no1)NCc1ccc(C)cc1OCCCOC.I. The number of hydrogen-bond donors (Lipinski definition) is 2. The summed E-state index contributed by atoms with van der Waals surface area (Å²) in [4.78, 5) is 8.66. The van der Waals surface area contributed by atoms with Crippen molar-refractivity contribution in [1.82, 2.24) is 20.8 Å². The molecule has 0 aliphatic carbocycles. The lowest BCUT2D eigenvalue weighted by molar-refractivity contribution is 0.172. The van der Waals surface area contributed by atoms with Crippen molar-refractivity contribution in [2.45, 2.75) is 46.1 Å². The van der Waals surface area contributed by atoms with E-state index in [1.165, 1.54) is 5.56 Å². The van der Waals surface area contributed by atoms with Crippen LogP contribution in [0.15, 0.2) is 27.7 Å².